The number of anilines is 1. The van der Waals surface area contributed by atoms with Gasteiger partial charge < -0.3 is 5.32 Å². The summed E-state index contributed by atoms with van der Waals surface area (Å²) in [7, 11) is 1.77. The molecule has 0 fully saturated rings. The van der Waals surface area contributed by atoms with Gasteiger partial charge in [0.1, 0.15) is 5.69 Å². The number of aromatic nitrogens is 3. The fourth-order valence-corrected chi connectivity index (χ4v) is 5.06. The van der Waals surface area contributed by atoms with Gasteiger partial charge in [-0.05, 0) is 43.3 Å². The van der Waals surface area contributed by atoms with Crippen LogP contribution in [0.2, 0.25) is 0 Å². The summed E-state index contributed by atoms with van der Waals surface area (Å²) in [6.45, 7) is 2.12. The second kappa shape index (κ2) is 10.1. The minimum atomic E-state index is -0.290. The molecule has 0 aliphatic heterocycles. The van der Waals surface area contributed by atoms with Gasteiger partial charge in [0.25, 0.3) is 11.1 Å². The molecule has 0 spiro atoms. The summed E-state index contributed by atoms with van der Waals surface area (Å²) >= 11 is 6.81. The quantitative estimate of drug-likeness (QED) is 0.385. The summed E-state index contributed by atoms with van der Waals surface area (Å²) in [6, 6.07) is 20.5. The molecule has 0 aliphatic rings. The van der Waals surface area contributed by atoms with E-state index in [0.29, 0.717) is 22.6 Å². The van der Waals surface area contributed by atoms with Gasteiger partial charge in [-0.25, -0.2) is 4.68 Å². The third-order valence-corrected chi connectivity index (χ3v) is 7.04. The van der Waals surface area contributed by atoms with Crippen LogP contribution in [0.4, 0.5) is 5.69 Å². The summed E-state index contributed by atoms with van der Waals surface area (Å²) in [4.78, 5) is 39.0. The number of nitrogens with zero attached hydrogens (tertiary/aromatic N) is 3. The first-order chi connectivity index (χ1) is 16.4. The van der Waals surface area contributed by atoms with Crippen molar-refractivity contribution in [2.75, 3.05) is 5.32 Å². The molecular formula is C25H24N4O3S2. The molecule has 34 heavy (non-hydrogen) atoms. The zero-order chi connectivity index (χ0) is 24.2. The number of nitrogens with one attached hydrogen (secondary N) is 1. The van der Waals surface area contributed by atoms with E-state index in [-0.39, 0.29) is 29.1 Å². The Kier molecular flexibility index (Phi) is 7.04. The fraction of sp³-hybridized carbons (Fsp3) is 0.200. The van der Waals surface area contributed by atoms with Crippen molar-refractivity contribution in [3.05, 3.63) is 97.1 Å². The largest absolute Gasteiger partial charge is 0.320 e. The molecule has 4 rings (SSSR count). The number of rotatable bonds is 7. The van der Waals surface area contributed by atoms with E-state index in [1.165, 1.54) is 20.6 Å². The van der Waals surface area contributed by atoms with Crippen LogP contribution in [0.1, 0.15) is 18.5 Å². The number of amides is 1. The highest BCUT2D eigenvalue weighted by Crippen LogP contribution is 2.22. The van der Waals surface area contributed by atoms with E-state index >= 15 is 0 Å². The molecule has 4 aromatic rings. The Bertz CT molecular complexity index is 1470. The first-order valence-corrected chi connectivity index (χ1v) is 12.0. The molecule has 0 aliphatic carbocycles. The Balaban J connectivity index is 1.44. The number of para-hydroxylation sites is 1. The maximum atomic E-state index is 12.9. The molecule has 2 aromatic carbocycles. The van der Waals surface area contributed by atoms with Crippen LogP contribution in [0, 0.1) is 10.9 Å². The number of hydrogen-bond donors (Lipinski definition) is 1. The van der Waals surface area contributed by atoms with E-state index in [0.717, 1.165) is 16.1 Å². The maximum Gasteiger partial charge on any atom is 0.295 e. The van der Waals surface area contributed by atoms with E-state index in [9.17, 15) is 14.4 Å². The summed E-state index contributed by atoms with van der Waals surface area (Å²) in [6.07, 6.45) is 0.580. The molecule has 0 saturated heterocycles. The third-order valence-electron chi connectivity index (χ3n) is 5.60. The van der Waals surface area contributed by atoms with Crippen LogP contribution in [0.25, 0.3) is 16.1 Å². The van der Waals surface area contributed by atoms with Gasteiger partial charge >= 0.3 is 0 Å². The topological polar surface area (TPSA) is 78.0 Å². The minimum Gasteiger partial charge on any atom is -0.320 e. The van der Waals surface area contributed by atoms with Crippen LogP contribution >= 0.6 is 23.6 Å². The molecule has 0 saturated carbocycles. The monoisotopic (exact) mass is 492 g/mol. The highest BCUT2D eigenvalue weighted by molar-refractivity contribution is 7.73. The lowest BCUT2D eigenvalue weighted by Crippen LogP contribution is -2.23. The zero-order valence-electron chi connectivity index (χ0n) is 18.9. The lowest BCUT2D eigenvalue weighted by atomic mass is 10.2. The van der Waals surface area contributed by atoms with Crippen molar-refractivity contribution in [3.63, 3.8) is 0 Å². The maximum absolute atomic E-state index is 12.9. The Hall–Kier alpha value is -3.56. The van der Waals surface area contributed by atoms with Crippen LogP contribution in [-0.2, 0) is 18.4 Å². The van der Waals surface area contributed by atoms with Crippen molar-refractivity contribution in [3.8, 4) is 16.1 Å². The molecule has 7 nitrogen and oxygen atoms in total. The summed E-state index contributed by atoms with van der Waals surface area (Å²) in [5, 5.41) is 2.75. The Labute approximate surface area is 205 Å². The second-order valence-electron chi connectivity index (χ2n) is 7.82. The van der Waals surface area contributed by atoms with Gasteiger partial charge in [0, 0.05) is 31.0 Å². The van der Waals surface area contributed by atoms with Gasteiger partial charge in [-0.1, -0.05) is 48.5 Å². The predicted molar refractivity (Wildman–Crippen MR) is 138 cm³/mol. The number of carbonyl (C=O) groups excluding carboxylic acids is 1. The van der Waals surface area contributed by atoms with Crippen LogP contribution in [0.5, 0.6) is 0 Å². The van der Waals surface area contributed by atoms with Crippen molar-refractivity contribution in [2.45, 2.75) is 26.3 Å². The molecule has 0 radical (unpaired) electrons. The van der Waals surface area contributed by atoms with Crippen molar-refractivity contribution >= 4 is 35.1 Å². The molecule has 2 aromatic heterocycles. The van der Waals surface area contributed by atoms with Crippen molar-refractivity contribution in [1.82, 2.24) is 13.9 Å². The molecule has 1 amide bonds. The Morgan fingerprint density at radius 1 is 1.03 bits per heavy atom. The standard InChI is InChI=1S/C25H24N4O3S2/c1-17-23(24(32)29(27(17)2)19-12-7-4-8-13-19)26-21(30)14-9-15-28-22(31)16-20(34-25(28)33)18-10-5-3-6-11-18/h3-8,10-13,16H,9,14-15H2,1-2H3,(H,26,30). The lowest BCUT2D eigenvalue weighted by Gasteiger charge is -2.08. The van der Waals surface area contributed by atoms with Gasteiger partial charge in [0.05, 0.1) is 11.4 Å². The van der Waals surface area contributed by atoms with Crippen molar-refractivity contribution < 1.29 is 4.79 Å². The zero-order valence-corrected chi connectivity index (χ0v) is 20.5. The lowest BCUT2D eigenvalue weighted by molar-refractivity contribution is -0.116. The molecule has 0 bridgehead atoms. The van der Waals surface area contributed by atoms with E-state index in [1.807, 2.05) is 60.7 Å². The molecule has 1 N–H and O–H groups in total. The average molecular weight is 493 g/mol. The predicted octanol–water partition coefficient (Wildman–Crippen LogP) is 4.52. The van der Waals surface area contributed by atoms with Crippen molar-refractivity contribution in [2.24, 2.45) is 7.05 Å². The van der Waals surface area contributed by atoms with Crippen LogP contribution < -0.4 is 16.4 Å². The molecule has 0 atom stereocenters. The first kappa shape index (κ1) is 23.6. The highest BCUT2D eigenvalue weighted by atomic mass is 32.1. The minimum absolute atomic E-state index is 0.158. The smallest absolute Gasteiger partial charge is 0.295 e. The number of hydrogen-bond acceptors (Lipinski definition) is 5. The second-order valence-corrected chi connectivity index (χ2v) is 9.50. The SMILES string of the molecule is Cc1c(NC(=O)CCCn2c(=O)cc(-c3ccccc3)sc2=S)c(=O)n(-c2ccccc2)n1C. The Morgan fingerprint density at radius 2 is 1.68 bits per heavy atom. The Morgan fingerprint density at radius 3 is 2.32 bits per heavy atom. The molecule has 174 valence electrons. The van der Waals surface area contributed by atoms with E-state index in [1.54, 1.807) is 24.7 Å². The van der Waals surface area contributed by atoms with Crippen molar-refractivity contribution in [1.29, 1.82) is 0 Å². The first-order valence-electron chi connectivity index (χ1n) is 10.8. The fourth-order valence-electron chi connectivity index (χ4n) is 3.72. The molecule has 2 heterocycles. The van der Waals surface area contributed by atoms with Crippen LogP contribution in [-0.4, -0.2) is 19.8 Å². The van der Waals surface area contributed by atoms with Gasteiger partial charge in [-0.3, -0.25) is 23.6 Å². The summed E-state index contributed by atoms with van der Waals surface area (Å²) in [5.41, 5.74) is 2.10. The normalized spacial score (nSPS) is 10.9. The van der Waals surface area contributed by atoms with Crippen LogP contribution in [0.15, 0.2) is 76.3 Å². The number of carbonyl (C=O) groups is 1. The third kappa shape index (κ3) is 4.85. The van der Waals surface area contributed by atoms with Gasteiger partial charge in [0.15, 0.2) is 3.95 Å². The van der Waals surface area contributed by atoms with Gasteiger partial charge in [-0.15, -0.1) is 11.3 Å². The van der Waals surface area contributed by atoms with E-state index < -0.39 is 0 Å². The van der Waals surface area contributed by atoms with Crippen LogP contribution in [0.3, 0.4) is 0 Å². The highest BCUT2D eigenvalue weighted by Gasteiger charge is 2.18. The van der Waals surface area contributed by atoms with Gasteiger partial charge in [-0.2, -0.15) is 0 Å². The summed E-state index contributed by atoms with van der Waals surface area (Å²) < 4.78 is 5.21. The average Bonchev–Trinajstić information content (AvgIpc) is 3.04. The van der Waals surface area contributed by atoms with E-state index in [2.05, 4.69) is 5.32 Å². The molecule has 0 unspecified atom stereocenters. The molecular weight excluding hydrogens is 468 g/mol. The van der Waals surface area contributed by atoms with Gasteiger partial charge in [0.2, 0.25) is 5.91 Å². The van der Waals surface area contributed by atoms with E-state index in [4.69, 9.17) is 12.2 Å². The summed E-state index contributed by atoms with van der Waals surface area (Å²) in [5.74, 6) is -0.283. The molecule has 9 heteroatoms. The number of benzene rings is 2.